The summed E-state index contributed by atoms with van der Waals surface area (Å²) in [5.41, 5.74) is 0.920. The lowest BCUT2D eigenvalue weighted by atomic mass is 9.97. The van der Waals surface area contributed by atoms with Gasteiger partial charge in [0.15, 0.2) is 0 Å². The summed E-state index contributed by atoms with van der Waals surface area (Å²) in [5.74, 6) is 0. The molecule has 108 valence electrons. The Morgan fingerprint density at radius 2 is 1.80 bits per heavy atom. The molecule has 0 amide bonds. The molecule has 0 fully saturated rings. The fraction of sp³-hybridized carbons (Fsp3) is 0.333. The second kappa shape index (κ2) is 5.58. The van der Waals surface area contributed by atoms with Gasteiger partial charge in [0.1, 0.15) is 0 Å². The quantitative estimate of drug-likeness (QED) is 0.866. The number of rotatable bonds is 3. The smallest absolute Gasteiger partial charge is 0.309 e. The maximum atomic E-state index is 12.7. The maximum Gasteiger partial charge on any atom is 0.416 e. The zero-order valence-corrected chi connectivity index (χ0v) is 12.3. The van der Waals surface area contributed by atoms with E-state index in [1.165, 1.54) is 10.9 Å². The molecule has 0 bridgehead atoms. The van der Waals surface area contributed by atoms with Crippen LogP contribution >= 0.6 is 11.3 Å². The minimum Gasteiger partial charge on any atom is -0.309 e. The molecule has 2 rings (SSSR count). The van der Waals surface area contributed by atoms with Gasteiger partial charge in [0.2, 0.25) is 0 Å². The normalized spacial score (nSPS) is 13.5. The van der Waals surface area contributed by atoms with Crippen LogP contribution in [0.15, 0.2) is 30.3 Å². The average Bonchev–Trinajstić information content (AvgIpc) is 2.77. The molecule has 1 unspecified atom stereocenters. The van der Waals surface area contributed by atoms with Crippen molar-refractivity contribution in [1.82, 2.24) is 5.32 Å². The number of alkyl halides is 3. The van der Waals surface area contributed by atoms with Gasteiger partial charge in [0, 0.05) is 9.75 Å². The largest absolute Gasteiger partial charge is 0.416 e. The van der Waals surface area contributed by atoms with Crippen molar-refractivity contribution < 1.29 is 13.2 Å². The Kier molecular flexibility index (Phi) is 4.20. The fourth-order valence-electron chi connectivity index (χ4n) is 2.24. The van der Waals surface area contributed by atoms with Crippen LogP contribution < -0.4 is 5.32 Å². The van der Waals surface area contributed by atoms with Gasteiger partial charge in [-0.05, 0) is 56.3 Å². The van der Waals surface area contributed by atoms with E-state index in [-0.39, 0.29) is 6.04 Å². The zero-order chi connectivity index (χ0) is 14.9. The third-order valence-corrected chi connectivity index (χ3v) is 4.31. The second-order valence-electron chi connectivity index (χ2n) is 4.74. The highest BCUT2D eigenvalue weighted by atomic mass is 32.1. The van der Waals surface area contributed by atoms with Gasteiger partial charge in [0.05, 0.1) is 11.6 Å². The number of aryl methyl sites for hydroxylation is 2. The van der Waals surface area contributed by atoms with Gasteiger partial charge in [-0.3, -0.25) is 0 Å². The number of hydrogen-bond donors (Lipinski definition) is 1. The first-order chi connectivity index (χ1) is 9.32. The third kappa shape index (κ3) is 3.04. The molecule has 0 saturated carbocycles. The first kappa shape index (κ1) is 15.1. The third-order valence-electron chi connectivity index (χ3n) is 3.24. The molecule has 2 aromatic rings. The lowest BCUT2D eigenvalue weighted by Crippen LogP contribution is -2.18. The number of benzene rings is 1. The molecule has 1 nitrogen and oxygen atoms in total. The van der Waals surface area contributed by atoms with Crippen LogP contribution in [0.2, 0.25) is 0 Å². The zero-order valence-electron chi connectivity index (χ0n) is 11.5. The lowest BCUT2D eigenvalue weighted by molar-refractivity contribution is -0.137. The topological polar surface area (TPSA) is 12.0 Å². The molecule has 1 atom stereocenters. The van der Waals surface area contributed by atoms with Crippen molar-refractivity contribution in [1.29, 1.82) is 0 Å². The van der Waals surface area contributed by atoms with Crippen LogP contribution in [0.4, 0.5) is 13.2 Å². The predicted octanol–water partition coefficient (Wildman–Crippen LogP) is 4.69. The molecule has 20 heavy (non-hydrogen) atoms. The number of hydrogen-bond acceptors (Lipinski definition) is 2. The SMILES string of the molecule is CNC(c1ccc(C)s1)c1ccc(C(F)(F)F)cc1C. The van der Waals surface area contributed by atoms with E-state index in [0.29, 0.717) is 5.56 Å². The molecule has 0 aliphatic rings. The molecule has 0 aliphatic carbocycles. The summed E-state index contributed by atoms with van der Waals surface area (Å²) >= 11 is 1.65. The Morgan fingerprint density at radius 1 is 1.10 bits per heavy atom. The van der Waals surface area contributed by atoms with E-state index in [1.807, 2.05) is 26.1 Å². The van der Waals surface area contributed by atoms with Crippen LogP contribution in [0.3, 0.4) is 0 Å². The summed E-state index contributed by atoms with van der Waals surface area (Å²) in [6, 6.07) is 7.87. The summed E-state index contributed by atoms with van der Waals surface area (Å²) in [4.78, 5) is 2.29. The van der Waals surface area contributed by atoms with Gasteiger partial charge in [0.25, 0.3) is 0 Å². The minimum absolute atomic E-state index is 0.0732. The Hall–Kier alpha value is -1.33. The van der Waals surface area contributed by atoms with Crippen molar-refractivity contribution in [2.24, 2.45) is 0 Å². The van der Waals surface area contributed by atoms with E-state index in [2.05, 4.69) is 5.32 Å². The molecular weight excluding hydrogens is 283 g/mol. The lowest BCUT2D eigenvalue weighted by Gasteiger charge is -2.19. The second-order valence-corrected chi connectivity index (χ2v) is 6.06. The summed E-state index contributed by atoms with van der Waals surface area (Å²) in [7, 11) is 1.82. The average molecular weight is 299 g/mol. The molecule has 0 radical (unpaired) electrons. The summed E-state index contributed by atoms with van der Waals surface area (Å²) < 4.78 is 38.1. The van der Waals surface area contributed by atoms with Crippen LogP contribution in [0, 0.1) is 13.8 Å². The minimum atomic E-state index is -4.29. The van der Waals surface area contributed by atoms with E-state index >= 15 is 0 Å². The Morgan fingerprint density at radius 3 is 2.25 bits per heavy atom. The van der Waals surface area contributed by atoms with Gasteiger partial charge in [-0.15, -0.1) is 11.3 Å². The van der Waals surface area contributed by atoms with Crippen LogP contribution in [-0.2, 0) is 6.18 Å². The van der Waals surface area contributed by atoms with Gasteiger partial charge in [-0.1, -0.05) is 6.07 Å². The van der Waals surface area contributed by atoms with E-state index in [4.69, 9.17) is 0 Å². The van der Waals surface area contributed by atoms with Crippen LogP contribution in [0.5, 0.6) is 0 Å². The highest BCUT2D eigenvalue weighted by molar-refractivity contribution is 7.12. The molecule has 0 aliphatic heterocycles. The van der Waals surface area contributed by atoms with Gasteiger partial charge >= 0.3 is 6.18 Å². The molecule has 1 aromatic heterocycles. The van der Waals surface area contributed by atoms with Crippen molar-refractivity contribution in [3.05, 3.63) is 56.8 Å². The summed E-state index contributed by atoms with van der Waals surface area (Å²) in [6.07, 6.45) is -4.29. The van der Waals surface area contributed by atoms with Crippen LogP contribution in [0.25, 0.3) is 0 Å². The molecule has 1 heterocycles. The van der Waals surface area contributed by atoms with E-state index < -0.39 is 11.7 Å². The Balaban J connectivity index is 2.41. The molecule has 0 spiro atoms. The van der Waals surface area contributed by atoms with Crippen molar-refractivity contribution in [3.63, 3.8) is 0 Å². The summed E-state index contributed by atoms with van der Waals surface area (Å²) in [5, 5.41) is 3.18. The molecule has 1 N–H and O–H groups in total. The predicted molar refractivity (Wildman–Crippen MR) is 76.1 cm³/mol. The van der Waals surface area contributed by atoms with E-state index in [0.717, 1.165) is 16.5 Å². The number of halogens is 3. The standard InChI is InChI=1S/C15H16F3NS/c1-9-8-11(15(16,17)18)5-6-12(9)14(19-3)13-7-4-10(2)20-13/h4-8,14,19H,1-3H3. The highest BCUT2D eigenvalue weighted by Gasteiger charge is 2.31. The Bertz CT molecular complexity index is 601. The molecular formula is C15H16F3NS. The van der Waals surface area contributed by atoms with Crippen molar-refractivity contribution in [2.75, 3.05) is 7.05 Å². The van der Waals surface area contributed by atoms with Gasteiger partial charge in [-0.25, -0.2) is 0 Å². The van der Waals surface area contributed by atoms with Gasteiger partial charge in [-0.2, -0.15) is 13.2 Å². The maximum absolute atomic E-state index is 12.7. The molecule has 5 heteroatoms. The molecule has 1 aromatic carbocycles. The monoisotopic (exact) mass is 299 g/mol. The van der Waals surface area contributed by atoms with Crippen molar-refractivity contribution >= 4 is 11.3 Å². The van der Waals surface area contributed by atoms with E-state index in [1.54, 1.807) is 24.3 Å². The van der Waals surface area contributed by atoms with Crippen molar-refractivity contribution in [2.45, 2.75) is 26.1 Å². The highest BCUT2D eigenvalue weighted by Crippen LogP contribution is 2.34. The van der Waals surface area contributed by atoms with E-state index in [9.17, 15) is 13.2 Å². The fourth-order valence-corrected chi connectivity index (χ4v) is 3.24. The first-order valence-electron chi connectivity index (χ1n) is 6.24. The van der Waals surface area contributed by atoms with Crippen LogP contribution in [-0.4, -0.2) is 7.05 Å². The Labute approximate surface area is 120 Å². The van der Waals surface area contributed by atoms with Gasteiger partial charge < -0.3 is 5.32 Å². The molecule has 0 saturated heterocycles. The van der Waals surface area contributed by atoms with Crippen LogP contribution in [0.1, 0.15) is 32.5 Å². The number of nitrogens with one attached hydrogen (secondary N) is 1. The summed E-state index contributed by atoms with van der Waals surface area (Å²) in [6.45, 7) is 3.73. The number of thiophene rings is 1. The van der Waals surface area contributed by atoms with Crippen molar-refractivity contribution in [3.8, 4) is 0 Å². The first-order valence-corrected chi connectivity index (χ1v) is 7.06.